The van der Waals surface area contributed by atoms with Gasteiger partial charge in [0.15, 0.2) is 18.1 Å². The number of methoxy groups -OCH3 is 2. The molecule has 1 amide bonds. The van der Waals surface area contributed by atoms with Crippen molar-refractivity contribution >= 4 is 44.6 Å². The predicted molar refractivity (Wildman–Crippen MR) is 163 cm³/mol. The molecule has 3 aromatic carbocycles. The molecule has 42 heavy (non-hydrogen) atoms. The quantitative estimate of drug-likeness (QED) is 0.217. The highest BCUT2D eigenvalue weighted by atomic mass is 79.9. The van der Waals surface area contributed by atoms with Crippen LogP contribution >= 0.6 is 15.9 Å². The van der Waals surface area contributed by atoms with Gasteiger partial charge in [-0.15, -0.1) is 0 Å². The Hall–Kier alpha value is -4.25. The van der Waals surface area contributed by atoms with Gasteiger partial charge in [0, 0.05) is 21.6 Å². The number of carbonyl (C=O) groups excluding carboxylic acids is 1. The van der Waals surface area contributed by atoms with E-state index in [1.54, 1.807) is 24.4 Å². The summed E-state index contributed by atoms with van der Waals surface area (Å²) in [6.45, 7) is -0.337. The summed E-state index contributed by atoms with van der Waals surface area (Å²) in [5, 5.41) is 7.71. The van der Waals surface area contributed by atoms with E-state index in [1.807, 2.05) is 12.1 Å². The Balaban J connectivity index is 1.43. The zero-order chi connectivity index (χ0) is 29.6. The van der Waals surface area contributed by atoms with Crippen LogP contribution in [-0.4, -0.2) is 42.6 Å². The van der Waals surface area contributed by atoms with Crippen LogP contribution in [0.25, 0.3) is 10.9 Å². The van der Waals surface area contributed by atoms with Gasteiger partial charge >= 0.3 is 0 Å². The van der Waals surface area contributed by atoms with Crippen molar-refractivity contribution in [2.45, 2.75) is 38.0 Å². The highest BCUT2D eigenvalue weighted by Gasteiger charge is 2.23. The van der Waals surface area contributed by atoms with Crippen LogP contribution in [-0.2, 0) is 4.79 Å². The lowest BCUT2D eigenvalue weighted by Gasteiger charge is -2.22. The second kappa shape index (κ2) is 13.2. The number of hydrogen-bond donors (Lipinski definition) is 1. The largest absolute Gasteiger partial charge is 0.493 e. The van der Waals surface area contributed by atoms with Crippen LogP contribution in [0.1, 0.15) is 49.4 Å². The second-order valence-corrected chi connectivity index (χ2v) is 10.8. The maximum absolute atomic E-state index is 13.6. The van der Waals surface area contributed by atoms with Crippen molar-refractivity contribution in [2.24, 2.45) is 5.10 Å². The molecule has 0 unspecified atom stereocenters. The Bertz CT molecular complexity index is 1660. The summed E-state index contributed by atoms with van der Waals surface area (Å²) in [7, 11) is 2.94. The van der Waals surface area contributed by atoms with Gasteiger partial charge in [-0.05, 0) is 67.4 Å². The van der Waals surface area contributed by atoms with Crippen LogP contribution in [0, 0.1) is 5.82 Å². The second-order valence-electron chi connectivity index (χ2n) is 9.93. The molecule has 1 saturated carbocycles. The Labute approximate surface area is 250 Å². The molecule has 11 heteroatoms. The van der Waals surface area contributed by atoms with E-state index < -0.39 is 11.7 Å². The van der Waals surface area contributed by atoms with E-state index >= 15 is 0 Å². The minimum atomic E-state index is -0.443. The fourth-order valence-corrected chi connectivity index (χ4v) is 5.37. The van der Waals surface area contributed by atoms with Crippen molar-refractivity contribution in [2.75, 3.05) is 26.1 Å². The monoisotopic (exact) mass is 636 g/mol. The molecule has 5 rings (SSSR count). The van der Waals surface area contributed by atoms with Crippen LogP contribution in [0.4, 0.5) is 10.1 Å². The highest BCUT2D eigenvalue weighted by molar-refractivity contribution is 9.10. The van der Waals surface area contributed by atoms with E-state index in [0.29, 0.717) is 39.5 Å². The fourth-order valence-electron chi connectivity index (χ4n) is 5.01. The number of nitrogens with zero attached hydrogens (tertiary/aromatic N) is 3. The molecule has 0 spiro atoms. The molecule has 1 aliphatic rings. The summed E-state index contributed by atoms with van der Waals surface area (Å²) in [5.74, 6) is 0.790. The number of amides is 1. The molecule has 4 aromatic rings. The molecule has 0 aliphatic heterocycles. The van der Waals surface area contributed by atoms with Gasteiger partial charge in [0.1, 0.15) is 11.6 Å². The predicted octanol–water partition coefficient (Wildman–Crippen LogP) is 6.26. The minimum Gasteiger partial charge on any atom is -0.493 e. The van der Waals surface area contributed by atoms with Crippen LogP contribution in [0.5, 0.6) is 17.2 Å². The number of nitrogens with one attached hydrogen (secondary N) is 1. The van der Waals surface area contributed by atoms with Gasteiger partial charge in [0.05, 0.1) is 31.3 Å². The number of rotatable bonds is 9. The van der Waals surface area contributed by atoms with Crippen LogP contribution in [0.2, 0.25) is 0 Å². The summed E-state index contributed by atoms with van der Waals surface area (Å²) >= 11 is 3.45. The molecule has 1 N–H and O–H groups in total. The van der Waals surface area contributed by atoms with E-state index in [0.717, 1.165) is 30.2 Å². The molecule has 9 nitrogen and oxygen atoms in total. The maximum Gasteiger partial charge on any atom is 0.282 e. The number of halogens is 2. The third-order valence-electron chi connectivity index (χ3n) is 7.08. The third-order valence-corrected chi connectivity index (χ3v) is 7.58. The Kier molecular flexibility index (Phi) is 9.16. The standard InChI is InChI=1S/C31H30BrFN4O5/c1-40-26-14-19(15-27(41-2)29(26)42-18-28(38)35-23-11-9-22(33)10-12-23)17-34-37-30(20-6-4-3-5-7-20)36-25-13-8-21(32)16-24(25)31(37)39/h8-17,20H,3-7,18H2,1-2H3,(H,35,38). The van der Waals surface area contributed by atoms with Gasteiger partial charge in [-0.25, -0.2) is 9.37 Å². The Morgan fingerprint density at radius 1 is 1.07 bits per heavy atom. The zero-order valence-electron chi connectivity index (χ0n) is 23.2. The summed E-state index contributed by atoms with van der Waals surface area (Å²) < 4.78 is 32.1. The molecular formula is C31H30BrFN4O5. The minimum absolute atomic E-state index is 0.137. The van der Waals surface area contributed by atoms with Gasteiger partial charge in [0.2, 0.25) is 5.75 Å². The van der Waals surface area contributed by atoms with E-state index in [-0.39, 0.29) is 23.8 Å². The van der Waals surface area contributed by atoms with E-state index in [4.69, 9.17) is 19.2 Å². The molecule has 1 fully saturated rings. The molecule has 0 radical (unpaired) electrons. The summed E-state index contributed by atoms with van der Waals surface area (Å²) in [6.07, 6.45) is 6.79. The number of hydrogen-bond acceptors (Lipinski definition) is 7. The van der Waals surface area contributed by atoms with Gasteiger partial charge in [0.25, 0.3) is 11.5 Å². The average molecular weight is 638 g/mol. The number of carbonyl (C=O) groups is 1. The summed E-state index contributed by atoms with van der Waals surface area (Å²) in [6, 6.07) is 14.2. The van der Waals surface area contributed by atoms with Crippen LogP contribution in [0.15, 0.2) is 69.0 Å². The van der Waals surface area contributed by atoms with Crippen molar-refractivity contribution in [1.29, 1.82) is 0 Å². The summed E-state index contributed by atoms with van der Waals surface area (Å²) in [5.41, 5.74) is 1.42. The van der Waals surface area contributed by atoms with Crippen LogP contribution < -0.4 is 25.1 Å². The number of aromatic nitrogens is 2. The molecular weight excluding hydrogens is 607 g/mol. The van der Waals surface area contributed by atoms with Crippen molar-refractivity contribution in [3.05, 3.63) is 86.6 Å². The number of ether oxygens (including phenoxy) is 3. The smallest absolute Gasteiger partial charge is 0.282 e. The first-order valence-corrected chi connectivity index (χ1v) is 14.4. The van der Waals surface area contributed by atoms with Gasteiger partial charge in [-0.2, -0.15) is 9.78 Å². The van der Waals surface area contributed by atoms with Gasteiger partial charge in [-0.3, -0.25) is 9.59 Å². The molecule has 218 valence electrons. The first-order chi connectivity index (χ1) is 20.4. The van der Waals surface area contributed by atoms with Crippen molar-refractivity contribution < 1.29 is 23.4 Å². The fraction of sp³-hybridized carbons (Fsp3) is 0.290. The first kappa shape index (κ1) is 29.2. The number of anilines is 1. The van der Waals surface area contributed by atoms with E-state index in [2.05, 4.69) is 26.3 Å². The zero-order valence-corrected chi connectivity index (χ0v) is 24.8. The van der Waals surface area contributed by atoms with Crippen molar-refractivity contribution in [1.82, 2.24) is 9.66 Å². The normalized spacial score (nSPS) is 13.8. The highest BCUT2D eigenvalue weighted by Crippen LogP contribution is 2.38. The molecule has 1 heterocycles. The number of fused-ring (bicyclic) bond motifs is 1. The van der Waals surface area contributed by atoms with Gasteiger partial charge < -0.3 is 19.5 Å². The maximum atomic E-state index is 13.6. The van der Waals surface area contributed by atoms with Gasteiger partial charge in [-0.1, -0.05) is 35.2 Å². The Morgan fingerprint density at radius 3 is 2.43 bits per heavy atom. The number of benzene rings is 3. The van der Waals surface area contributed by atoms with E-state index in [9.17, 15) is 14.0 Å². The summed E-state index contributed by atoms with van der Waals surface area (Å²) in [4.78, 5) is 30.9. The molecule has 1 aromatic heterocycles. The third kappa shape index (κ3) is 6.62. The van der Waals surface area contributed by atoms with Crippen LogP contribution in [0.3, 0.4) is 0 Å². The lowest BCUT2D eigenvalue weighted by Crippen LogP contribution is -2.25. The Morgan fingerprint density at radius 2 is 1.76 bits per heavy atom. The van der Waals surface area contributed by atoms with Crippen molar-refractivity contribution in [3.63, 3.8) is 0 Å². The van der Waals surface area contributed by atoms with E-state index in [1.165, 1.54) is 49.6 Å². The molecule has 0 atom stereocenters. The average Bonchev–Trinajstić information content (AvgIpc) is 3.01. The molecule has 1 aliphatic carbocycles. The first-order valence-electron chi connectivity index (χ1n) is 13.6. The van der Waals surface area contributed by atoms with Crippen molar-refractivity contribution in [3.8, 4) is 17.2 Å². The topological polar surface area (TPSA) is 104 Å². The SMILES string of the molecule is COc1cc(C=Nn2c(C3CCCCC3)nc3ccc(Br)cc3c2=O)cc(OC)c1OCC(=O)Nc1ccc(F)cc1. The molecule has 0 bridgehead atoms. The lowest BCUT2D eigenvalue weighted by molar-refractivity contribution is -0.118. The lowest BCUT2D eigenvalue weighted by atomic mass is 9.88. The molecule has 0 saturated heterocycles.